The number of H-pyrrole nitrogens is 2. The maximum absolute atomic E-state index is 4.96. The van der Waals surface area contributed by atoms with E-state index in [1.54, 1.807) is 0 Å². The van der Waals surface area contributed by atoms with Crippen LogP contribution in [0.25, 0.3) is 76.4 Å². The fourth-order valence-corrected chi connectivity index (χ4v) is 5.91. The van der Waals surface area contributed by atoms with Gasteiger partial charge >= 0.3 is 0 Å². The summed E-state index contributed by atoms with van der Waals surface area (Å²) in [5.74, 6) is 2.41. The van der Waals surface area contributed by atoms with Crippen LogP contribution in [0.1, 0.15) is 51.2 Å². The largest absolute Gasteiger partial charge is 0.341 e. The Hall–Kier alpha value is -4.91. The van der Waals surface area contributed by atoms with Gasteiger partial charge in [-0.25, -0.2) is 15.0 Å². The van der Waals surface area contributed by atoms with E-state index in [2.05, 4.69) is 85.3 Å². The second-order valence-corrected chi connectivity index (χ2v) is 11.2. The predicted molar refractivity (Wildman–Crippen MR) is 163 cm³/mol. The Balaban J connectivity index is 1.41. The molecule has 0 spiro atoms. The highest BCUT2D eigenvalue weighted by Gasteiger charge is 2.18. The number of benzene rings is 4. The number of hydrogen-bond acceptors (Lipinski definition) is 5. The Labute approximate surface area is 229 Å². The molecular formula is C33H27N7. The van der Waals surface area contributed by atoms with Crippen molar-refractivity contribution in [2.75, 3.05) is 0 Å². The maximum atomic E-state index is 4.96. The van der Waals surface area contributed by atoms with Gasteiger partial charge in [-0.2, -0.15) is 5.10 Å². The zero-order valence-electron chi connectivity index (χ0n) is 22.7. The number of nitrogens with zero attached hydrogens (tertiary/aromatic N) is 5. The third-order valence-electron chi connectivity index (χ3n) is 7.99. The summed E-state index contributed by atoms with van der Waals surface area (Å²) < 4.78 is 0. The van der Waals surface area contributed by atoms with Crippen LogP contribution in [0.5, 0.6) is 0 Å². The normalized spacial score (nSPS) is 12.4. The van der Waals surface area contributed by atoms with Crippen molar-refractivity contribution in [3.05, 3.63) is 78.8 Å². The number of rotatable bonds is 3. The number of imidazole rings is 2. The highest BCUT2D eigenvalue weighted by atomic mass is 15.1. The maximum Gasteiger partial charge on any atom is 0.132 e. The SMILES string of the molecule is CC(C)c1nc2c3ccc(-c4ccc5c(c4)c4ncccc4c4nc(C(C)C)[nH]c54)cc3c3c[nH]ncc3c2n1. The fourth-order valence-electron chi connectivity index (χ4n) is 5.91. The standard InChI is InChI=1S/C33H27N7/c1-16(2)32-38-29-21-10-8-19(13-24(21)27-22(30(29)39-32)6-5-11-34-27)18-7-9-20-23(12-18)25-14-35-36-15-26(25)31-28(20)37-33(40-31)17(3)4/h5-17,35H,1-4H3,(H,38,39). The predicted octanol–water partition coefficient (Wildman–Crippen LogP) is 8.15. The molecule has 194 valence electrons. The first-order chi connectivity index (χ1) is 19.5. The van der Waals surface area contributed by atoms with Crippen LogP contribution in [0.4, 0.5) is 0 Å². The first-order valence-electron chi connectivity index (χ1n) is 13.7. The lowest BCUT2D eigenvalue weighted by Crippen LogP contribution is -1.88. The van der Waals surface area contributed by atoms with E-state index in [4.69, 9.17) is 19.9 Å². The molecule has 0 amide bonds. The van der Waals surface area contributed by atoms with Crippen LogP contribution in [0, 0.1) is 0 Å². The number of fused-ring (bicyclic) bond motifs is 12. The molecule has 0 aliphatic heterocycles. The molecule has 0 bridgehead atoms. The van der Waals surface area contributed by atoms with Crippen molar-refractivity contribution in [3.8, 4) is 11.1 Å². The van der Waals surface area contributed by atoms with Crippen molar-refractivity contribution >= 4 is 65.3 Å². The molecule has 7 nitrogen and oxygen atoms in total. The number of hydrogen-bond donors (Lipinski definition) is 2. The summed E-state index contributed by atoms with van der Waals surface area (Å²) in [6.45, 7) is 8.58. The van der Waals surface area contributed by atoms with E-state index < -0.39 is 0 Å². The monoisotopic (exact) mass is 521 g/mol. The van der Waals surface area contributed by atoms with E-state index in [-0.39, 0.29) is 5.92 Å². The Morgan fingerprint density at radius 3 is 2.15 bits per heavy atom. The lowest BCUT2D eigenvalue weighted by Gasteiger charge is -2.10. The summed E-state index contributed by atoms with van der Waals surface area (Å²) in [4.78, 5) is 23.2. The van der Waals surface area contributed by atoms with Gasteiger partial charge in [-0.05, 0) is 40.8 Å². The molecule has 4 heterocycles. The molecule has 0 aliphatic rings. The molecule has 8 aromatic rings. The molecular weight excluding hydrogens is 494 g/mol. The summed E-state index contributed by atoms with van der Waals surface area (Å²) in [6, 6.07) is 17.4. The van der Waals surface area contributed by atoms with Gasteiger partial charge in [0, 0.05) is 56.5 Å². The molecule has 0 unspecified atom stereocenters. The zero-order valence-corrected chi connectivity index (χ0v) is 22.7. The van der Waals surface area contributed by atoms with Crippen molar-refractivity contribution in [2.45, 2.75) is 39.5 Å². The average Bonchev–Trinajstić information content (AvgIpc) is 3.64. The summed E-state index contributed by atoms with van der Waals surface area (Å²) in [6.07, 6.45) is 5.68. The molecule has 0 fully saturated rings. The Morgan fingerprint density at radius 2 is 1.38 bits per heavy atom. The molecule has 2 N–H and O–H groups in total. The molecule has 8 rings (SSSR count). The molecule has 0 saturated carbocycles. The van der Waals surface area contributed by atoms with E-state index in [0.717, 1.165) is 88.1 Å². The topological polar surface area (TPSA) is 96.0 Å². The minimum absolute atomic E-state index is 0.249. The van der Waals surface area contributed by atoms with Gasteiger partial charge in [0.25, 0.3) is 0 Å². The van der Waals surface area contributed by atoms with Crippen LogP contribution < -0.4 is 0 Å². The van der Waals surface area contributed by atoms with Gasteiger partial charge in [0.05, 0.1) is 28.3 Å². The molecule has 40 heavy (non-hydrogen) atoms. The number of aromatic nitrogens is 7. The van der Waals surface area contributed by atoms with Gasteiger partial charge in [-0.15, -0.1) is 0 Å². The van der Waals surface area contributed by atoms with Gasteiger partial charge in [0.2, 0.25) is 0 Å². The van der Waals surface area contributed by atoms with Crippen LogP contribution in [0.2, 0.25) is 0 Å². The number of pyridine rings is 1. The lowest BCUT2D eigenvalue weighted by atomic mass is 9.95. The van der Waals surface area contributed by atoms with E-state index >= 15 is 0 Å². The molecule has 0 aliphatic carbocycles. The highest BCUT2D eigenvalue weighted by molar-refractivity contribution is 6.24. The highest BCUT2D eigenvalue weighted by Crippen LogP contribution is 2.39. The van der Waals surface area contributed by atoms with Crippen molar-refractivity contribution in [2.24, 2.45) is 0 Å². The summed E-state index contributed by atoms with van der Waals surface area (Å²) in [7, 11) is 0. The van der Waals surface area contributed by atoms with Crippen LogP contribution in [-0.4, -0.2) is 35.1 Å². The first-order valence-corrected chi connectivity index (χ1v) is 13.7. The molecule has 7 heteroatoms. The van der Waals surface area contributed by atoms with Crippen molar-refractivity contribution < 1.29 is 0 Å². The van der Waals surface area contributed by atoms with E-state index in [0.29, 0.717) is 5.92 Å². The van der Waals surface area contributed by atoms with E-state index in [1.807, 2.05) is 24.7 Å². The number of aromatic amines is 2. The molecule has 4 aromatic heterocycles. The molecule has 0 radical (unpaired) electrons. The number of nitrogens with one attached hydrogen (secondary N) is 2. The van der Waals surface area contributed by atoms with Crippen molar-refractivity contribution in [3.63, 3.8) is 0 Å². The Bertz CT molecular complexity index is 2130. The van der Waals surface area contributed by atoms with Crippen LogP contribution in [-0.2, 0) is 0 Å². The van der Waals surface area contributed by atoms with Crippen LogP contribution in [0.15, 0.2) is 67.1 Å². The summed E-state index contributed by atoms with van der Waals surface area (Å²) >= 11 is 0. The Morgan fingerprint density at radius 1 is 0.625 bits per heavy atom. The van der Waals surface area contributed by atoms with E-state index in [1.165, 1.54) is 0 Å². The third kappa shape index (κ3) is 3.21. The fraction of sp³-hybridized carbons (Fsp3) is 0.182. The van der Waals surface area contributed by atoms with Gasteiger partial charge in [-0.1, -0.05) is 52.0 Å². The van der Waals surface area contributed by atoms with E-state index in [9.17, 15) is 0 Å². The van der Waals surface area contributed by atoms with Gasteiger partial charge in [-0.3, -0.25) is 10.1 Å². The zero-order chi connectivity index (χ0) is 27.1. The smallest absolute Gasteiger partial charge is 0.132 e. The van der Waals surface area contributed by atoms with Gasteiger partial charge < -0.3 is 4.98 Å². The average molecular weight is 522 g/mol. The Kier molecular flexibility index (Phi) is 4.77. The summed E-state index contributed by atoms with van der Waals surface area (Å²) in [5, 5.41) is 15.0. The molecule has 0 saturated heterocycles. The molecule has 0 atom stereocenters. The molecule has 4 aromatic carbocycles. The minimum atomic E-state index is 0.249. The van der Waals surface area contributed by atoms with Gasteiger partial charge in [0.15, 0.2) is 0 Å². The third-order valence-corrected chi connectivity index (χ3v) is 7.99. The summed E-state index contributed by atoms with van der Waals surface area (Å²) in [5.41, 5.74) is 7.12. The quantitative estimate of drug-likeness (QED) is 0.229. The second kappa shape index (κ2) is 8.29. The van der Waals surface area contributed by atoms with Crippen LogP contribution >= 0.6 is 0 Å². The van der Waals surface area contributed by atoms with Gasteiger partial charge in [0.1, 0.15) is 17.2 Å². The van der Waals surface area contributed by atoms with Crippen molar-refractivity contribution in [1.82, 2.24) is 35.1 Å². The second-order valence-electron chi connectivity index (χ2n) is 11.2. The first kappa shape index (κ1) is 23.0. The minimum Gasteiger partial charge on any atom is -0.341 e. The van der Waals surface area contributed by atoms with Crippen molar-refractivity contribution in [1.29, 1.82) is 0 Å². The van der Waals surface area contributed by atoms with Crippen LogP contribution in [0.3, 0.4) is 0 Å². The lowest BCUT2D eigenvalue weighted by molar-refractivity contribution is 0.799.